The van der Waals surface area contributed by atoms with Gasteiger partial charge >= 0.3 is 5.97 Å². The van der Waals surface area contributed by atoms with Gasteiger partial charge in [0.1, 0.15) is 6.10 Å². The monoisotopic (exact) mass is 194 g/mol. The highest BCUT2D eigenvalue weighted by molar-refractivity contribution is 5.66. The van der Waals surface area contributed by atoms with Crippen LogP contribution in [0.25, 0.3) is 0 Å². The van der Waals surface area contributed by atoms with E-state index >= 15 is 0 Å². The molecule has 0 aromatic heterocycles. The molecule has 0 radical (unpaired) electrons. The van der Waals surface area contributed by atoms with Crippen LogP contribution in [0.1, 0.15) is 33.1 Å². The molecule has 0 heterocycles. The van der Waals surface area contributed by atoms with Gasteiger partial charge in [0.05, 0.1) is 0 Å². The molecule has 2 nitrogen and oxygen atoms in total. The predicted molar refractivity (Wildman–Crippen MR) is 56.8 cm³/mol. The maximum atomic E-state index is 10.8. The number of carbonyl (C=O) groups is 1. The van der Waals surface area contributed by atoms with Crippen molar-refractivity contribution in [1.82, 2.24) is 0 Å². The maximum absolute atomic E-state index is 10.8. The van der Waals surface area contributed by atoms with Gasteiger partial charge in [-0.2, -0.15) is 0 Å². The molecular weight excluding hydrogens is 176 g/mol. The Balaban J connectivity index is 2.59. The first kappa shape index (κ1) is 11.0. The van der Waals surface area contributed by atoms with Crippen molar-refractivity contribution in [3.05, 3.63) is 24.3 Å². The largest absolute Gasteiger partial charge is 0.458 e. The topological polar surface area (TPSA) is 26.3 Å². The van der Waals surface area contributed by atoms with Gasteiger partial charge in [-0.25, -0.2) is 0 Å². The van der Waals surface area contributed by atoms with Crippen molar-refractivity contribution in [3.63, 3.8) is 0 Å². The Morgan fingerprint density at radius 2 is 2.14 bits per heavy atom. The molecule has 0 aliphatic heterocycles. The molecule has 1 aliphatic carbocycles. The fraction of sp³-hybridized carbons (Fsp3) is 0.583. The van der Waals surface area contributed by atoms with Gasteiger partial charge in [-0.15, -0.1) is 0 Å². The normalized spacial score (nSPS) is 27.1. The second kappa shape index (κ2) is 4.45. The minimum absolute atomic E-state index is 0.0945. The summed E-state index contributed by atoms with van der Waals surface area (Å²) in [7, 11) is 0. The molecule has 1 fully saturated rings. The van der Waals surface area contributed by atoms with Crippen LogP contribution in [-0.2, 0) is 9.53 Å². The minimum Gasteiger partial charge on any atom is -0.458 e. The number of ether oxygens (including phenoxy) is 1. The lowest BCUT2D eigenvalue weighted by Gasteiger charge is -2.30. The smallest absolute Gasteiger partial charge is 0.303 e. The first-order valence-electron chi connectivity index (χ1n) is 5.01. The molecule has 1 rings (SSSR count). The van der Waals surface area contributed by atoms with Crippen LogP contribution in [-0.4, -0.2) is 12.1 Å². The van der Waals surface area contributed by atoms with E-state index in [1.165, 1.54) is 12.5 Å². The number of hydrogen-bond acceptors (Lipinski definition) is 2. The second-order valence-corrected chi connectivity index (χ2v) is 4.07. The molecule has 2 atom stereocenters. The van der Waals surface area contributed by atoms with Gasteiger partial charge in [0.15, 0.2) is 0 Å². The molecule has 1 aliphatic rings. The van der Waals surface area contributed by atoms with Crippen LogP contribution in [0.4, 0.5) is 0 Å². The Kier molecular flexibility index (Phi) is 3.50. The van der Waals surface area contributed by atoms with E-state index in [9.17, 15) is 4.79 Å². The van der Waals surface area contributed by atoms with E-state index in [0.29, 0.717) is 5.92 Å². The summed E-state index contributed by atoms with van der Waals surface area (Å²) in [6.07, 6.45) is 2.79. The van der Waals surface area contributed by atoms with E-state index in [4.69, 9.17) is 4.74 Å². The third kappa shape index (κ3) is 2.72. The summed E-state index contributed by atoms with van der Waals surface area (Å²) >= 11 is 0. The molecule has 0 saturated heterocycles. The lowest BCUT2D eigenvalue weighted by atomic mass is 9.81. The summed E-state index contributed by atoms with van der Waals surface area (Å²) in [6.45, 7) is 11.4. The molecule has 14 heavy (non-hydrogen) atoms. The molecule has 0 aromatic rings. The minimum atomic E-state index is -0.224. The molecule has 0 bridgehead atoms. The van der Waals surface area contributed by atoms with Crippen LogP contribution < -0.4 is 0 Å². The average Bonchev–Trinajstić information content (AvgIpc) is 2.07. The zero-order chi connectivity index (χ0) is 10.7. The Morgan fingerprint density at radius 3 is 2.64 bits per heavy atom. The Morgan fingerprint density at radius 1 is 1.50 bits per heavy atom. The summed E-state index contributed by atoms with van der Waals surface area (Å²) in [5.41, 5.74) is 2.22. The summed E-state index contributed by atoms with van der Waals surface area (Å²) < 4.78 is 5.20. The highest BCUT2D eigenvalue weighted by Gasteiger charge is 2.26. The summed E-state index contributed by atoms with van der Waals surface area (Å²) in [5, 5.41) is 0. The lowest BCUT2D eigenvalue weighted by Crippen LogP contribution is -2.27. The van der Waals surface area contributed by atoms with Gasteiger partial charge in [0, 0.05) is 6.92 Å². The Labute approximate surface area is 85.6 Å². The van der Waals surface area contributed by atoms with Crippen molar-refractivity contribution < 1.29 is 9.53 Å². The SMILES string of the molecule is C=C(C)[C@@H]1CCC(=C)[C@@H](OC(C)=O)C1. The number of carbonyl (C=O) groups excluding carboxylic acids is 1. The van der Waals surface area contributed by atoms with E-state index in [-0.39, 0.29) is 12.1 Å². The third-order valence-corrected chi connectivity index (χ3v) is 2.77. The second-order valence-electron chi connectivity index (χ2n) is 4.07. The van der Waals surface area contributed by atoms with Crippen LogP contribution in [0.5, 0.6) is 0 Å². The van der Waals surface area contributed by atoms with Crippen molar-refractivity contribution >= 4 is 5.97 Å². The predicted octanol–water partition coefficient (Wildman–Crippen LogP) is 2.85. The van der Waals surface area contributed by atoms with E-state index in [2.05, 4.69) is 13.2 Å². The van der Waals surface area contributed by atoms with E-state index in [1.807, 2.05) is 6.92 Å². The molecule has 0 spiro atoms. The number of hydrogen-bond donors (Lipinski definition) is 0. The maximum Gasteiger partial charge on any atom is 0.303 e. The van der Waals surface area contributed by atoms with Crippen molar-refractivity contribution in [2.75, 3.05) is 0 Å². The van der Waals surface area contributed by atoms with Crippen molar-refractivity contribution in [2.24, 2.45) is 5.92 Å². The fourth-order valence-corrected chi connectivity index (χ4v) is 1.84. The van der Waals surface area contributed by atoms with Gasteiger partial charge in [0.2, 0.25) is 0 Å². The highest BCUT2D eigenvalue weighted by Crippen LogP contribution is 2.33. The lowest BCUT2D eigenvalue weighted by molar-refractivity contribution is -0.145. The highest BCUT2D eigenvalue weighted by atomic mass is 16.5. The third-order valence-electron chi connectivity index (χ3n) is 2.77. The van der Waals surface area contributed by atoms with Gasteiger partial charge < -0.3 is 4.74 Å². The molecule has 0 unspecified atom stereocenters. The summed E-state index contributed by atoms with van der Waals surface area (Å²) in [6, 6.07) is 0. The first-order valence-corrected chi connectivity index (χ1v) is 5.01. The van der Waals surface area contributed by atoms with Gasteiger partial charge in [-0.05, 0) is 37.7 Å². The Bertz CT molecular complexity index is 265. The Hall–Kier alpha value is -1.05. The molecule has 0 amide bonds. The number of allylic oxidation sites excluding steroid dienone is 1. The summed E-state index contributed by atoms with van der Waals surface area (Å²) in [5.74, 6) is 0.253. The van der Waals surface area contributed by atoms with E-state index in [0.717, 1.165) is 24.8 Å². The average molecular weight is 194 g/mol. The van der Waals surface area contributed by atoms with Crippen LogP contribution in [0.3, 0.4) is 0 Å². The molecule has 0 N–H and O–H groups in total. The van der Waals surface area contributed by atoms with Crippen molar-refractivity contribution in [1.29, 1.82) is 0 Å². The fourth-order valence-electron chi connectivity index (χ4n) is 1.84. The van der Waals surface area contributed by atoms with Gasteiger partial charge in [0.25, 0.3) is 0 Å². The van der Waals surface area contributed by atoms with Crippen molar-refractivity contribution in [3.8, 4) is 0 Å². The van der Waals surface area contributed by atoms with E-state index in [1.54, 1.807) is 0 Å². The van der Waals surface area contributed by atoms with E-state index < -0.39 is 0 Å². The quantitative estimate of drug-likeness (QED) is 0.499. The standard InChI is InChI=1S/C12H18O2/c1-8(2)11-6-5-9(3)12(7-11)14-10(4)13/h11-12H,1,3,5-7H2,2,4H3/t11-,12+/m1/s1. The van der Waals surface area contributed by atoms with Crippen molar-refractivity contribution in [2.45, 2.75) is 39.2 Å². The van der Waals surface area contributed by atoms with Crippen LogP contribution >= 0.6 is 0 Å². The van der Waals surface area contributed by atoms with Gasteiger partial charge in [-0.1, -0.05) is 18.7 Å². The summed E-state index contributed by atoms with van der Waals surface area (Å²) in [4.78, 5) is 10.8. The molecule has 2 heteroatoms. The number of rotatable bonds is 2. The van der Waals surface area contributed by atoms with Crippen LogP contribution in [0, 0.1) is 5.92 Å². The number of esters is 1. The first-order chi connectivity index (χ1) is 6.50. The van der Waals surface area contributed by atoms with Crippen LogP contribution in [0.2, 0.25) is 0 Å². The zero-order valence-corrected chi connectivity index (χ0v) is 9.01. The molecule has 1 saturated carbocycles. The molecule has 0 aromatic carbocycles. The molecular formula is C12H18O2. The van der Waals surface area contributed by atoms with Gasteiger partial charge in [-0.3, -0.25) is 4.79 Å². The van der Waals surface area contributed by atoms with Crippen LogP contribution in [0.15, 0.2) is 24.3 Å². The molecule has 78 valence electrons. The zero-order valence-electron chi connectivity index (χ0n) is 9.01.